The first kappa shape index (κ1) is 15.3. The second kappa shape index (κ2) is 7.61. The molecule has 1 fully saturated rings. The Hall–Kier alpha value is -2.11. The molecule has 1 atom stereocenters. The number of hydrogen-bond donors (Lipinski definition) is 2. The highest BCUT2D eigenvalue weighted by molar-refractivity contribution is 5.80. The number of hydrogen-bond acceptors (Lipinski definition) is 3. The van der Waals surface area contributed by atoms with Gasteiger partial charge in [-0.25, -0.2) is 0 Å². The molecule has 3 N–H and O–H groups in total. The quantitative estimate of drug-likeness (QED) is 0.632. The summed E-state index contributed by atoms with van der Waals surface area (Å²) >= 11 is 0. The van der Waals surface area contributed by atoms with E-state index in [0.717, 1.165) is 37.6 Å². The zero-order valence-electron chi connectivity index (χ0n) is 12.5. The van der Waals surface area contributed by atoms with Gasteiger partial charge in [0.2, 0.25) is 5.91 Å². The lowest BCUT2D eigenvalue weighted by Crippen LogP contribution is -2.47. The number of nitrogens with zero attached hydrogens (tertiary/aromatic N) is 3. The number of nitrogens with two attached hydrogens (primary N) is 1. The number of primary amides is 1. The molecule has 0 spiro atoms. The molecule has 1 aliphatic rings. The van der Waals surface area contributed by atoms with E-state index in [1.165, 1.54) is 0 Å². The second-order valence-corrected chi connectivity index (χ2v) is 5.35. The number of guanidine groups is 1. The van der Waals surface area contributed by atoms with E-state index in [1.54, 1.807) is 13.2 Å². The lowest BCUT2D eigenvalue weighted by atomic mass is 9.95. The number of amides is 1. The van der Waals surface area contributed by atoms with Gasteiger partial charge in [0.15, 0.2) is 5.96 Å². The number of rotatable bonds is 4. The Bertz CT molecular complexity index is 488. The van der Waals surface area contributed by atoms with E-state index in [-0.39, 0.29) is 5.91 Å². The van der Waals surface area contributed by atoms with Crippen molar-refractivity contribution in [3.63, 3.8) is 0 Å². The Morgan fingerprint density at radius 3 is 3.10 bits per heavy atom. The normalized spacial score (nSPS) is 19.4. The summed E-state index contributed by atoms with van der Waals surface area (Å²) < 4.78 is 0. The minimum atomic E-state index is -0.224. The van der Waals surface area contributed by atoms with Crippen LogP contribution in [-0.2, 0) is 11.3 Å². The van der Waals surface area contributed by atoms with Gasteiger partial charge >= 0.3 is 0 Å². The maximum absolute atomic E-state index is 11.1. The van der Waals surface area contributed by atoms with Gasteiger partial charge in [-0.05, 0) is 30.9 Å². The number of carbonyl (C=O) groups is 1. The lowest BCUT2D eigenvalue weighted by Gasteiger charge is -2.34. The number of nitrogens with one attached hydrogen (secondary N) is 1. The van der Waals surface area contributed by atoms with E-state index in [9.17, 15) is 4.79 Å². The van der Waals surface area contributed by atoms with E-state index in [1.807, 2.05) is 18.2 Å². The predicted molar refractivity (Wildman–Crippen MR) is 82.5 cm³/mol. The number of pyridine rings is 1. The van der Waals surface area contributed by atoms with E-state index < -0.39 is 0 Å². The van der Waals surface area contributed by atoms with Crippen LogP contribution in [0.4, 0.5) is 0 Å². The molecule has 0 aliphatic carbocycles. The van der Waals surface area contributed by atoms with Crippen LogP contribution in [0.1, 0.15) is 25.0 Å². The minimum absolute atomic E-state index is 0.224. The van der Waals surface area contributed by atoms with E-state index in [0.29, 0.717) is 18.9 Å². The maximum Gasteiger partial charge on any atom is 0.217 e. The van der Waals surface area contributed by atoms with Crippen molar-refractivity contribution < 1.29 is 4.79 Å². The average molecular weight is 289 g/mol. The maximum atomic E-state index is 11.1. The van der Waals surface area contributed by atoms with Gasteiger partial charge in [-0.3, -0.25) is 14.8 Å². The van der Waals surface area contributed by atoms with Gasteiger partial charge in [-0.15, -0.1) is 0 Å². The topological polar surface area (TPSA) is 83.6 Å². The molecule has 2 heterocycles. The SMILES string of the molecule is CN=C(NCc1ccccn1)N1CCCC(CC(N)=O)C1. The number of piperidine rings is 1. The third kappa shape index (κ3) is 4.73. The molecule has 6 heteroatoms. The lowest BCUT2D eigenvalue weighted by molar-refractivity contribution is -0.119. The third-order valence-corrected chi connectivity index (χ3v) is 3.67. The van der Waals surface area contributed by atoms with Gasteiger partial charge in [0.1, 0.15) is 0 Å². The van der Waals surface area contributed by atoms with Gasteiger partial charge in [0.05, 0.1) is 12.2 Å². The van der Waals surface area contributed by atoms with Crippen molar-refractivity contribution in [1.29, 1.82) is 0 Å². The number of aromatic nitrogens is 1. The van der Waals surface area contributed by atoms with Crippen LogP contribution >= 0.6 is 0 Å². The highest BCUT2D eigenvalue weighted by atomic mass is 16.1. The van der Waals surface area contributed by atoms with Crippen molar-refractivity contribution in [2.24, 2.45) is 16.6 Å². The van der Waals surface area contributed by atoms with Crippen LogP contribution in [0.3, 0.4) is 0 Å². The zero-order chi connectivity index (χ0) is 15.1. The fourth-order valence-corrected chi connectivity index (χ4v) is 2.71. The summed E-state index contributed by atoms with van der Waals surface area (Å²) in [6.45, 7) is 2.42. The number of aliphatic imine (C=N–C) groups is 1. The van der Waals surface area contributed by atoms with Crippen LogP contribution in [0.15, 0.2) is 29.4 Å². The van der Waals surface area contributed by atoms with Crippen LogP contribution in [0, 0.1) is 5.92 Å². The molecule has 0 saturated carbocycles. The molecule has 0 bridgehead atoms. The molecular formula is C15H23N5O. The molecule has 1 unspecified atom stereocenters. The van der Waals surface area contributed by atoms with Crippen molar-refractivity contribution >= 4 is 11.9 Å². The van der Waals surface area contributed by atoms with Crippen molar-refractivity contribution in [2.45, 2.75) is 25.8 Å². The van der Waals surface area contributed by atoms with Crippen LogP contribution in [0.2, 0.25) is 0 Å². The van der Waals surface area contributed by atoms with Crippen molar-refractivity contribution in [3.05, 3.63) is 30.1 Å². The molecule has 2 rings (SSSR count). The summed E-state index contributed by atoms with van der Waals surface area (Å²) in [6, 6.07) is 5.85. The number of likely N-dealkylation sites (tertiary alicyclic amines) is 1. The molecule has 1 saturated heterocycles. The van der Waals surface area contributed by atoms with Gasteiger partial charge in [0, 0.05) is 32.8 Å². The Kier molecular flexibility index (Phi) is 5.54. The van der Waals surface area contributed by atoms with Crippen molar-refractivity contribution in [1.82, 2.24) is 15.2 Å². The first-order valence-corrected chi connectivity index (χ1v) is 7.33. The molecule has 1 aromatic rings. The molecule has 1 aromatic heterocycles. The van der Waals surface area contributed by atoms with Crippen LogP contribution in [0.25, 0.3) is 0 Å². The van der Waals surface area contributed by atoms with Gasteiger partial charge in [-0.2, -0.15) is 0 Å². The summed E-state index contributed by atoms with van der Waals surface area (Å²) in [7, 11) is 1.78. The zero-order valence-corrected chi connectivity index (χ0v) is 12.5. The van der Waals surface area contributed by atoms with E-state index >= 15 is 0 Å². The standard InChI is InChI=1S/C15H23N5O/c1-17-15(19-10-13-6-2-3-7-18-13)20-8-4-5-12(11-20)9-14(16)21/h2-3,6-7,12H,4-5,8-11H2,1H3,(H2,16,21)(H,17,19). The molecule has 21 heavy (non-hydrogen) atoms. The highest BCUT2D eigenvalue weighted by Crippen LogP contribution is 2.19. The largest absolute Gasteiger partial charge is 0.370 e. The molecular weight excluding hydrogens is 266 g/mol. The molecule has 1 aliphatic heterocycles. The van der Waals surface area contributed by atoms with Crippen molar-refractivity contribution in [2.75, 3.05) is 20.1 Å². The molecule has 0 radical (unpaired) electrons. The minimum Gasteiger partial charge on any atom is -0.370 e. The smallest absolute Gasteiger partial charge is 0.217 e. The van der Waals surface area contributed by atoms with E-state index in [2.05, 4.69) is 20.2 Å². The Morgan fingerprint density at radius 2 is 2.43 bits per heavy atom. The van der Waals surface area contributed by atoms with E-state index in [4.69, 9.17) is 5.73 Å². The summed E-state index contributed by atoms with van der Waals surface area (Å²) in [4.78, 5) is 21.9. The molecule has 114 valence electrons. The van der Waals surface area contributed by atoms with Crippen LogP contribution in [0.5, 0.6) is 0 Å². The first-order chi connectivity index (χ1) is 10.2. The Labute approximate surface area is 125 Å². The Morgan fingerprint density at radius 1 is 1.57 bits per heavy atom. The molecule has 6 nitrogen and oxygen atoms in total. The van der Waals surface area contributed by atoms with Crippen molar-refractivity contribution in [3.8, 4) is 0 Å². The summed E-state index contributed by atoms with van der Waals surface area (Å²) in [6.07, 6.45) is 4.34. The summed E-state index contributed by atoms with van der Waals surface area (Å²) in [5.41, 5.74) is 6.28. The highest BCUT2D eigenvalue weighted by Gasteiger charge is 2.23. The molecule has 1 amide bonds. The summed E-state index contributed by atoms with van der Waals surface area (Å²) in [5, 5.41) is 3.33. The molecule has 0 aromatic carbocycles. The summed E-state index contributed by atoms with van der Waals surface area (Å²) in [5.74, 6) is 0.956. The predicted octanol–water partition coefficient (Wildman–Crippen LogP) is 0.744. The van der Waals surface area contributed by atoms with Gasteiger partial charge in [0.25, 0.3) is 0 Å². The second-order valence-electron chi connectivity index (χ2n) is 5.35. The monoisotopic (exact) mass is 289 g/mol. The third-order valence-electron chi connectivity index (χ3n) is 3.67. The Balaban J connectivity index is 1.90. The fourth-order valence-electron chi connectivity index (χ4n) is 2.71. The van der Waals surface area contributed by atoms with Crippen LogP contribution in [-0.4, -0.2) is 41.9 Å². The first-order valence-electron chi connectivity index (χ1n) is 7.33. The number of carbonyl (C=O) groups excluding carboxylic acids is 1. The van der Waals surface area contributed by atoms with Gasteiger partial charge < -0.3 is 16.0 Å². The fraction of sp³-hybridized carbons (Fsp3) is 0.533. The van der Waals surface area contributed by atoms with Gasteiger partial charge in [-0.1, -0.05) is 6.07 Å². The average Bonchev–Trinajstić information content (AvgIpc) is 2.49. The van der Waals surface area contributed by atoms with Crippen LogP contribution < -0.4 is 11.1 Å².